The summed E-state index contributed by atoms with van der Waals surface area (Å²) in [4.78, 5) is 26.7. The van der Waals surface area contributed by atoms with Gasteiger partial charge in [0.2, 0.25) is 0 Å². The predicted molar refractivity (Wildman–Crippen MR) is 115 cm³/mol. The molecule has 0 bridgehead atoms. The Bertz CT molecular complexity index is 918. The van der Waals surface area contributed by atoms with Gasteiger partial charge in [-0.3, -0.25) is 14.9 Å². The van der Waals surface area contributed by atoms with E-state index < -0.39 is 0 Å². The van der Waals surface area contributed by atoms with Crippen LogP contribution in [0, 0.1) is 3.57 Å². The highest BCUT2D eigenvalue weighted by Crippen LogP contribution is 2.26. The van der Waals surface area contributed by atoms with Crippen LogP contribution in [0.15, 0.2) is 48.7 Å². The summed E-state index contributed by atoms with van der Waals surface area (Å²) < 4.78 is 0.972. The number of carbonyl (C=O) groups excluding carboxylic acids is 2. The van der Waals surface area contributed by atoms with Crippen molar-refractivity contribution in [1.29, 1.82) is 0 Å². The summed E-state index contributed by atoms with van der Waals surface area (Å²) in [7, 11) is 0. The van der Waals surface area contributed by atoms with Gasteiger partial charge in [0.05, 0.1) is 5.57 Å². The van der Waals surface area contributed by atoms with Crippen molar-refractivity contribution in [2.24, 2.45) is 0 Å². The van der Waals surface area contributed by atoms with Crippen molar-refractivity contribution in [2.45, 2.75) is 0 Å². The van der Waals surface area contributed by atoms with Gasteiger partial charge in [-0.05, 0) is 65.1 Å². The molecule has 6 nitrogen and oxygen atoms in total. The van der Waals surface area contributed by atoms with Gasteiger partial charge in [-0.15, -0.1) is 0 Å². The van der Waals surface area contributed by atoms with Crippen LogP contribution in [0.5, 0.6) is 0 Å². The molecule has 2 aromatic rings. The third-order valence-electron chi connectivity index (χ3n) is 4.72. The molecule has 0 spiro atoms. The van der Waals surface area contributed by atoms with E-state index in [1.165, 1.54) is 5.69 Å². The van der Waals surface area contributed by atoms with Gasteiger partial charge in [0, 0.05) is 58.5 Å². The molecule has 3 N–H and O–H groups in total. The predicted octanol–water partition coefficient (Wildman–Crippen LogP) is 2.42. The molecule has 0 unspecified atom stereocenters. The molecule has 2 aromatic carbocycles. The van der Waals surface area contributed by atoms with E-state index in [9.17, 15) is 9.59 Å². The van der Waals surface area contributed by atoms with Crippen LogP contribution in [0.3, 0.4) is 0 Å². The molecule has 138 valence electrons. The first-order valence-electron chi connectivity index (χ1n) is 8.80. The summed E-state index contributed by atoms with van der Waals surface area (Å²) in [6.45, 7) is 4.00. The quantitative estimate of drug-likeness (QED) is 0.362. The fourth-order valence-electron chi connectivity index (χ4n) is 3.29. The molecule has 2 aliphatic rings. The third-order valence-corrected chi connectivity index (χ3v) is 5.39. The Labute approximate surface area is 171 Å². The molecule has 27 heavy (non-hydrogen) atoms. The number of carbonyl (C=O) groups is 2. The van der Waals surface area contributed by atoms with E-state index in [1.54, 1.807) is 12.3 Å². The van der Waals surface area contributed by atoms with E-state index in [2.05, 4.69) is 55.6 Å². The lowest BCUT2D eigenvalue weighted by molar-refractivity contribution is -0.114. The van der Waals surface area contributed by atoms with E-state index in [-0.39, 0.29) is 11.8 Å². The minimum Gasteiger partial charge on any atom is -0.369 e. The SMILES string of the molecule is O=C1NC(=O)c2ccc(I)cc2/C1=C/Nc1ccc(N2CCNCC2)cc1. The molecule has 2 amide bonds. The fourth-order valence-corrected chi connectivity index (χ4v) is 3.78. The van der Waals surface area contributed by atoms with Crippen molar-refractivity contribution < 1.29 is 9.59 Å². The molecule has 2 heterocycles. The Morgan fingerprint density at radius 2 is 1.70 bits per heavy atom. The molecule has 1 fully saturated rings. The molecule has 0 aliphatic carbocycles. The van der Waals surface area contributed by atoms with Gasteiger partial charge in [0.1, 0.15) is 0 Å². The first-order valence-corrected chi connectivity index (χ1v) is 9.88. The summed E-state index contributed by atoms with van der Waals surface area (Å²) in [5.74, 6) is -0.747. The van der Waals surface area contributed by atoms with Crippen LogP contribution in [0.25, 0.3) is 5.57 Å². The number of hydrogen-bond donors (Lipinski definition) is 3. The fraction of sp³-hybridized carbons (Fsp3) is 0.200. The number of rotatable bonds is 3. The summed E-state index contributed by atoms with van der Waals surface area (Å²) in [5, 5.41) is 8.92. The number of nitrogens with one attached hydrogen (secondary N) is 3. The smallest absolute Gasteiger partial charge is 0.260 e. The maximum absolute atomic E-state index is 12.3. The van der Waals surface area contributed by atoms with Gasteiger partial charge in [-0.1, -0.05) is 0 Å². The summed E-state index contributed by atoms with van der Waals surface area (Å²) >= 11 is 2.17. The normalized spacial score (nSPS) is 18.3. The molecule has 7 heteroatoms. The lowest BCUT2D eigenvalue weighted by Gasteiger charge is -2.29. The van der Waals surface area contributed by atoms with Gasteiger partial charge in [-0.2, -0.15) is 0 Å². The average molecular weight is 474 g/mol. The van der Waals surface area contributed by atoms with Crippen LogP contribution in [-0.4, -0.2) is 38.0 Å². The van der Waals surface area contributed by atoms with Crippen LogP contribution in [-0.2, 0) is 4.79 Å². The van der Waals surface area contributed by atoms with E-state index in [4.69, 9.17) is 0 Å². The van der Waals surface area contributed by atoms with E-state index in [0.29, 0.717) is 16.7 Å². The molecule has 4 rings (SSSR count). The van der Waals surface area contributed by atoms with Gasteiger partial charge in [0.25, 0.3) is 11.8 Å². The van der Waals surface area contributed by atoms with E-state index >= 15 is 0 Å². The van der Waals surface area contributed by atoms with Gasteiger partial charge < -0.3 is 15.5 Å². The Kier molecular flexibility index (Phi) is 5.13. The third kappa shape index (κ3) is 3.84. The first kappa shape index (κ1) is 18.0. The second kappa shape index (κ2) is 7.69. The summed E-state index contributed by atoms with van der Waals surface area (Å²) in [6, 6.07) is 13.6. The Balaban J connectivity index is 1.55. The second-order valence-electron chi connectivity index (χ2n) is 6.46. The molecule has 0 aromatic heterocycles. The summed E-state index contributed by atoms with van der Waals surface area (Å²) in [5.41, 5.74) is 3.70. The number of amides is 2. The van der Waals surface area contributed by atoms with Crippen molar-refractivity contribution in [3.63, 3.8) is 0 Å². The minimum atomic E-state index is -0.389. The van der Waals surface area contributed by atoms with Gasteiger partial charge in [-0.25, -0.2) is 0 Å². The van der Waals surface area contributed by atoms with Gasteiger partial charge >= 0.3 is 0 Å². The lowest BCUT2D eigenvalue weighted by atomic mass is 9.95. The zero-order chi connectivity index (χ0) is 18.8. The number of halogens is 1. The molecular formula is C20H19IN4O2. The van der Waals surface area contributed by atoms with Crippen LogP contribution in [0.1, 0.15) is 15.9 Å². The second-order valence-corrected chi connectivity index (χ2v) is 7.71. The maximum Gasteiger partial charge on any atom is 0.260 e. The number of anilines is 2. The maximum atomic E-state index is 12.3. The van der Waals surface area contributed by atoms with Crippen LogP contribution >= 0.6 is 22.6 Å². The van der Waals surface area contributed by atoms with Crippen LogP contribution in [0.4, 0.5) is 11.4 Å². The van der Waals surface area contributed by atoms with E-state index in [1.807, 2.05) is 24.3 Å². The Morgan fingerprint density at radius 3 is 2.44 bits per heavy atom. The Morgan fingerprint density at radius 1 is 0.963 bits per heavy atom. The molecular weight excluding hydrogens is 455 g/mol. The molecule has 0 saturated carbocycles. The van der Waals surface area contributed by atoms with Crippen molar-refractivity contribution in [2.75, 3.05) is 36.4 Å². The van der Waals surface area contributed by atoms with Gasteiger partial charge in [0.15, 0.2) is 0 Å². The number of fused-ring (bicyclic) bond motifs is 1. The zero-order valence-electron chi connectivity index (χ0n) is 14.6. The highest BCUT2D eigenvalue weighted by Gasteiger charge is 2.27. The van der Waals surface area contributed by atoms with Crippen molar-refractivity contribution in [3.8, 4) is 0 Å². The summed E-state index contributed by atoms with van der Waals surface area (Å²) in [6.07, 6.45) is 1.66. The van der Waals surface area contributed by atoms with Crippen molar-refractivity contribution in [3.05, 3.63) is 63.4 Å². The number of hydrogen-bond acceptors (Lipinski definition) is 5. The highest BCUT2D eigenvalue weighted by atomic mass is 127. The average Bonchev–Trinajstić information content (AvgIpc) is 2.68. The number of imide groups is 1. The highest BCUT2D eigenvalue weighted by molar-refractivity contribution is 14.1. The van der Waals surface area contributed by atoms with Crippen molar-refractivity contribution >= 4 is 51.4 Å². The molecule has 0 radical (unpaired) electrons. The largest absolute Gasteiger partial charge is 0.369 e. The molecule has 1 saturated heterocycles. The van der Waals surface area contributed by atoms with Crippen LogP contribution < -0.4 is 20.9 Å². The zero-order valence-corrected chi connectivity index (χ0v) is 16.7. The minimum absolute atomic E-state index is 0.357. The molecule has 0 atom stereocenters. The Hall–Kier alpha value is -2.39. The topological polar surface area (TPSA) is 73.5 Å². The van der Waals surface area contributed by atoms with Crippen molar-refractivity contribution in [1.82, 2.24) is 10.6 Å². The standard InChI is InChI=1S/C20H19IN4O2/c21-13-1-6-16-17(11-13)18(20(27)24-19(16)26)12-23-14-2-4-15(5-3-14)25-9-7-22-8-10-25/h1-6,11-12,22-23H,7-10H2,(H,24,26,27)/b18-12-. The van der Waals surface area contributed by atoms with Crippen LogP contribution in [0.2, 0.25) is 0 Å². The molecule has 2 aliphatic heterocycles. The number of piperazine rings is 1. The lowest BCUT2D eigenvalue weighted by Crippen LogP contribution is -2.43. The first-order chi connectivity index (χ1) is 13.1. The number of benzene rings is 2. The number of nitrogens with zero attached hydrogens (tertiary/aromatic N) is 1. The van der Waals surface area contributed by atoms with E-state index in [0.717, 1.165) is 35.4 Å². The monoisotopic (exact) mass is 474 g/mol.